The minimum atomic E-state index is 0.257. The molecule has 3 aromatic rings. The van der Waals surface area contributed by atoms with Gasteiger partial charge in [-0.15, -0.1) is 0 Å². The Bertz CT molecular complexity index is 1660. The third-order valence-corrected chi connectivity index (χ3v) is 12.1. The number of benzene rings is 2. The van der Waals surface area contributed by atoms with Crippen molar-refractivity contribution in [3.8, 4) is 0 Å². The van der Waals surface area contributed by atoms with E-state index in [4.69, 9.17) is 0 Å². The highest BCUT2D eigenvalue weighted by atomic mass is 32.2. The van der Waals surface area contributed by atoms with Gasteiger partial charge in [-0.1, -0.05) is 67.3 Å². The fourth-order valence-electron chi connectivity index (χ4n) is 7.78. The maximum Gasteiger partial charge on any atom is 0.262 e. The highest BCUT2D eigenvalue weighted by Gasteiger charge is 2.31. The molecule has 1 aromatic heterocycles. The smallest absolute Gasteiger partial charge is 0.262 e. The lowest BCUT2D eigenvalue weighted by molar-refractivity contribution is -0.665. The predicted molar refractivity (Wildman–Crippen MR) is 183 cm³/mol. The zero-order valence-electron chi connectivity index (χ0n) is 25.9. The molecule has 0 amide bonds. The summed E-state index contributed by atoms with van der Waals surface area (Å²) in [5, 5.41) is 2.77. The molecule has 3 aliphatic carbocycles. The van der Waals surface area contributed by atoms with Gasteiger partial charge < -0.3 is 4.90 Å². The Morgan fingerprint density at radius 2 is 1.64 bits per heavy atom. The SMILES string of the molecule is CCN1C(=CC2=CC(=CC=Cc3sc4c5c(ccc4[n+]3CC)CCCC5)CC(C)(C)C2)Sc2c1ccc1c2CCCC1. The Kier molecular flexibility index (Phi) is 7.73. The Hall–Kier alpha value is -2.56. The van der Waals surface area contributed by atoms with Gasteiger partial charge >= 0.3 is 0 Å². The van der Waals surface area contributed by atoms with Gasteiger partial charge in [0.2, 0.25) is 5.52 Å². The zero-order chi connectivity index (χ0) is 28.8. The van der Waals surface area contributed by atoms with E-state index in [2.05, 4.69) is 91.8 Å². The summed E-state index contributed by atoms with van der Waals surface area (Å²) in [7, 11) is 0. The second-order valence-corrected chi connectivity index (χ2v) is 15.4. The van der Waals surface area contributed by atoms with Crippen LogP contribution in [0.15, 0.2) is 69.6 Å². The molecule has 0 fully saturated rings. The van der Waals surface area contributed by atoms with Crippen LogP contribution in [0.5, 0.6) is 0 Å². The lowest BCUT2D eigenvalue weighted by Crippen LogP contribution is -2.33. The summed E-state index contributed by atoms with van der Waals surface area (Å²) in [5.41, 5.74) is 12.4. The molecule has 0 spiro atoms. The third kappa shape index (κ3) is 5.24. The van der Waals surface area contributed by atoms with Crippen molar-refractivity contribution in [2.75, 3.05) is 11.4 Å². The van der Waals surface area contributed by atoms with Crippen molar-refractivity contribution in [3.05, 3.63) is 92.0 Å². The molecule has 0 saturated heterocycles. The van der Waals surface area contributed by atoms with E-state index in [1.54, 1.807) is 22.3 Å². The van der Waals surface area contributed by atoms with Crippen molar-refractivity contribution in [2.45, 2.75) is 103 Å². The monoisotopic (exact) mass is 593 g/mol. The van der Waals surface area contributed by atoms with Crippen LogP contribution in [-0.2, 0) is 32.2 Å². The Balaban J connectivity index is 1.18. The molecule has 0 bridgehead atoms. The van der Waals surface area contributed by atoms with Crippen LogP contribution >= 0.6 is 23.1 Å². The second-order valence-electron chi connectivity index (χ2n) is 13.4. The molecule has 2 nitrogen and oxygen atoms in total. The van der Waals surface area contributed by atoms with E-state index in [0.29, 0.717) is 0 Å². The molecule has 0 atom stereocenters. The van der Waals surface area contributed by atoms with Crippen LogP contribution in [0.25, 0.3) is 16.3 Å². The molecule has 2 aromatic carbocycles. The van der Waals surface area contributed by atoms with Gasteiger partial charge in [-0.05, 0) is 129 Å². The fraction of sp³-hybridized carbons (Fsp3) is 0.447. The molecule has 0 saturated carbocycles. The van der Waals surface area contributed by atoms with Gasteiger partial charge in [0.15, 0.2) is 0 Å². The summed E-state index contributed by atoms with van der Waals surface area (Å²) in [5.74, 6) is 0. The first-order valence-corrected chi connectivity index (χ1v) is 17.9. The van der Waals surface area contributed by atoms with Crippen LogP contribution in [0.2, 0.25) is 0 Å². The fourth-order valence-corrected chi connectivity index (χ4v) is 10.5. The van der Waals surface area contributed by atoms with Crippen LogP contribution in [0.1, 0.15) is 93.5 Å². The van der Waals surface area contributed by atoms with E-state index >= 15 is 0 Å². The summed E-state index contributed by atoms with van der Waals surface area (Å²) in [6.07, 6.45) is 24.6. The molecular weight excluding hydrogens is 549 g/mol. The topological polar surface area (TPSA) is 7.12 Å². The van der Waals surface area contributed by atoms with E-state index in [-0.39, 0.29) is 5.41 Å². The predicted octanol–water partition coefficient (Wildman–Crippen LogP) is 10.1. The summed E-state index contributed by atoms with van der Waals surface area (Å²) in [4.78, 5) is 4.08. The highest BCUT2D eigenvalue weighted by molar-refractivity contribution is 8.03. The molecule has 0 N–H and O–H groups in total. The highest BCUT2D eigenvalue weighted by Crippen LogP contribution is 2.51. The van der Waals surface area contributed by atoms with Crippen molar-refractivity contribution in [1.29, 1.82) is 0 Å². The van der Waals surface area contributed by atoms with Crippen LogP contribution in [0.3, 0.4) is 0 Å². The summed E-state index contributed by atoms with van der Waals surface area (Å²) >= 11 is 4.01. The van der Waals surface area contributed by atoms with Crippen molar-refractivity contribution in [1.82, 2.24) is 0 Å². The Morgan fingerprint density at radius 1 is 0.905 bits per heavy atom. The van der Waals surface area contributed by atoms with Crippen LogP contribution < -0.4 is 9.47 Å². The molecule has 218 valence electrons. The van der Waals surface area contributed by atoms with Gasteiger partial charge in [-0.25, -0.2) is 0 Å². The number of hydrogen-bond donors (Lipinski definition) is 0. The maximum atomic E-state index is 2.55. The second kappa shape index (κ2) is 11.5. The molecule has 0 radical (unpaired) electrons. The number of aryl methyl sites for hydroxylation is 4. The third-order valence-electron chi connectivity index (χ3n) is 9.67. The van der Waals surface area contributed by atoms with Crippen LogP contribution in [-0.4, -0.2) is 6.54 Å². The zero-order valence-corrected chi connectivity index (χ0v) is 27.5. The van der Waals surface area contributed by atoms with Crippen molar-refractivity contribution in [3.63, 3.8) is 0 Å². The first kappa shape index (κ1) is 28.2. The van der Waals surface area contributed by atoms with Gasteiger partial charge in [-0.3, -0.25) is 0 Å². The molecule has 4 heteroatoms. The molecule has 0 unspecified atom stereocenters. The minimum Gasteiger partial charge on any atom is -0.335 e. The molecule has 2 heterocycles. The normalized spacial score (nSPS) is 21.7. The van der Waals surface area contributed by atoms with Gasteiger partial charge in [-0.2, -0.15) is 4.57 Å². The number of fused-ring (bicyclic) bond motifs is 6. The minimum absolute atomic E-state index is 0.257. The number of aromatic nitrogens is 1. The lowest BCUT2D eigenvalue weighted by Gasteiger charge is -2.31. The summed E-state index contributed by atoms with van der Waals surface area (Å²) < 4.78 is 4.03. The Morgan fingerprint density at radius 3 is 2.43 bits per heavy atom. The van der Waals surface area contributed by atoms with E-state index in [1.165, 1.54) is 93.3 Å². The van der Waals surface area contributed by atoms with E-state index in [1.807, 2.05) is 23.1 Å². The van der Waals surface area contributed by atoms with Crippen LogP contribution in [0.4, 0.5) is 5.69 Å². The number of anilines is 1. The van der Waals surface area contributed by atoms with E-state index in [9.17, 15) is 0 Å². The molecule has 4 aliphatic rings. The Labute approximate surface area is 260 Å². The van der Waals surface area contributed by atoms with Gasteiger partial charge in [0.25, 0.3) is 5.01 Å². The average molecular weight is 594 g/mol. The number of rotatable bonds is 5. The first-order valence-electron chi connectivity index (χ1n) is 16.3. The van der Waals surface area contributed by atoms with Crippen LogP contribution in [0, 0.1) is 5.41 Å². The number of allylic oxidation sites excluding steroid dienone is 6. The number of thioether (sulfide) groups is 1. The van der Waals surface area contributed by atoms with Crippen molar-refractivity contribution < 1.29 is 4.57 Å². The number of thiazole rings is 1. The largest absolute Gasteiger partial charge is 0.335 e. The maximum absolute atomic E-state index is 2.55. The first-order chi connectivity index (χ1) is 20.4. The quantitative estimate of drug-likeness (QED) is 0.272. The number of hydrogen-bond acceptors (Lipinski definition) is 3. The molecule has 1 aliphatic heterocycles. The van der Waals surface area contributed by atoms with Gasteiger partial charge in [0.05, 0.1) is 10.7 Å². The average Bonchev–Trinajstić information content (AvgIpc) is 3.53. The van der Waals surface area contributed by atoms with E-state index in [0.717, 1.165) is 25.9 Å². The van der Waals surface area contributed by atoms with Gasteiger partial charge in [0, 0.05) is 23.6 Å². The van der Waals surface area contributed by atoms with Crippen molar-refractivity contribution in [2.24, 2.45) is 5.41 Å². The standard InChI is InChI=1S/C38H45N2S2/c1-5-39-32-20-18-28-13-7-9-15-30(28)36(32)41-34(39)17-11-12-26-22-27(25-38(3,4)24-26)23-35-40(6-2)33-21-19-29-14-8-10-16-31(29)37(33)42-35/h11-12,17-23H,5-10,13-16,24-25H2,1-4H3/q+1. The molecule has 7 rings (SSSR count). The van der Waals surface area contributed by atoms with Crippen molar-refractivity contribution >= 4 is 45.1 Å². The summed E-state index contributed by atoms with van der Waals surface area (Å²) in [6, 6.07) is 9.56. The number of nitrogens with zero attached hydrogens (tertiary/aromatic N) is 2. The molecular formula is C38H45N2S2+. The molecule has 42 heavy (non-hydrogen) atoms. The van der Waals surface area contributed by atoms with Gasteiger partial charge in [0.1, 0.15) is 11.2 Å². The summed E-state index contributed by atoms with van der Waals surface area (Å²) in [6.45, 7) is 11.5. The van der Waals surface area contributed by atoms with E-state index < -0.39 is 0 Å². The lowest BCUT2D eigenvalue weighted by atomic mass is 9.75.